The number of hydrogen-bond donors (Lipinski definition) is 1. The van der Waals surface area contributed by atoms with E-state index in [1.165, 1.54) is 18.2 Å². The topological polar surface area (TPSA) is 72.5 Å². The third kappa shape index (κ3) is 4.46. The molecule has 2 aromatic rings. The van der Waals surface area contributed by atoms with Gasteiger partial charge in [0.05, 0.1) is 17.0 Å². The predicted octanol–water partition coefficient (Wildman–Crippen LogP) is 2.68. The van der Waals surface area contributed by atoms with Gasteiger partial charge in [-0.1, -0.05) is 23.7 Å². The quantitative estimate of drug-likeness (QED) is 0.897. The molecule has 2 aromatic carbocycles. The molecule has 0 bridgehead atoms. The Kier molecular flexibility index (Phi) is 5.28. The minimum atomic E-state index is -3.49. The highest BCUT2D eigenvalue weighted by atomic mass is 35.5. The SMILES string of the molecule is COc1cccc(CNC(=O)c2ccc(Cl)c(S(C)(=O)=O)c2)c1. The molecular formula is C16H16ClNO4S. The predicted molar refractivity (Wildman–Crippen MR) is 88.7 cm³/mol. The number of hydrogen-bond acceptors (Lipinski definition) is 4. The van der Waals surface area contributed by atoms with E-state index >= 15 is 0 Å². The van der Waals surface area contributed by atoms with Crippen molar-refractivity contribution in [2.45, 2.75) is 11.4 Å². The van der Waals surface area contributed by atoms with Crippen molar-refractivity contribution in [1.82, 2.24) is 5.32 Å². The second kappa shape index (κ2) is 7.02. The molecule has 0 atom stereocenters. The maximum atomic E-state index is 12.2. The number of methoxy groups -OCH3 is 1. The maximum Gasteiger partial charge on any atom is 0.251 e. The van der Waals surface area contributed by atoms with E-state index in [-0.39, 0.29) is 21.4 Å². The van der Waals surface area contributed by atoms with Crippen LogP contribution in [0.2, 0.25) is 5.02 Å². The molecule has 0 saturated carbocycles. The molecule has 0 spiro atoms. The Hall–Kier alpha value is -2.05. The van der Waals surface area contributed by atoms with Crippen molar-refractivity contribution in [2.75, 3.05) is 13.4 Å². The zero-order valence-corrected chi connectivity index (χ0v) is 14.2. The molecule has 0 aliphatic rings. The van der Waals surface area contributed by atoms with Crippen LogP contribution in [0.25, 0.3) is 0 Å². The zero-order chi connectivity index (χ0) is 17.0. The van der Waals surface area contributed by atoms with Gasteiger partial charge in [-0.25, -0.2) is 8.42 Å². The van der Waals surface area contributed by atoms with Gasteiger partial charge < -0.3 is 10.1 Å². The molecular weight excluding hydrogens is 338 g/mol. The van der Waals surface area contributed by atoms with Crippen LogP contribution in [0, 0.1) is 0 Å². The highest BCUT2D eigenvalue weighted by Gasteiger charge is 2.15. The fraction of sp³-hybridized carbons (Fsp3) is 0.188. The van der Waals surface area contributed by atoms with Gasteiger partial charge in [-0.05, 0) is 35.9 Å². The largest absolute Gasteiger partial charge is 0.497 e. The highest BCUT2D eigenvalue weighted by Crippen LogP contribution is 2.22. The van der Waals surface area contributed by atoms with Crippen molar-refractivity contribution in [3.8, 4) is 5.75 Å². The molecule has 23 heavy (non-hydrogen) atoms. The van der Waals surface area contributed by atoms with Gasteiger partial charge in [-0.2, -0.15) is 0 Å². The molecule has 0 fully saturated rings. The number of rotatable bonds is 5. The van der Waals surface area contributed by atoms with Gasteiger partial charge >= 0.3 is 0 Å². The molecule has 122 valence electrons. The van der Waals surface area contributed by atoms with Gasteiger partial charge in [-0.15, -0.1) is 0 Å². The van der Waals surface area contributed by atoms with E-state index in [1.807, 2.05) is 24.3 Å². The van der Waals surface area contributed by atoms with Crippen LogP contribution in [-0.4, -0.2) is 27.7 Å². The van der Waals surface area contributed by atoms with Gasteiger partial charge in [0, 0.05) is 18.4 Å². The molecule has 0 aliphatic carbocycles. The molecule has 0 unspecified atom stereocenters. The van der Waals surface area contributed by atoms with Crippen LogP contribution < -0.4 is 10.1 Å². The van der Waals surface area contributed by atoms with E-state index in [0.29, 0.717) is 12.3 Å². The Morgan fingerprint density at radius 1 is 1.22 bits per heavy atom. The van der Waals surface area contributed by atoms with Gasteiger partial charge in [0.1, 0.15) is 5.75 Å². The number of halogens is 1. The first-order chi connectivity index (χ1) is 10.8. The van der Waals surface area contributed by atoms with Gasteiger partial charge in [0.15, 0.2) is 9.84 Å². The van der Waals surface area contributed by atoms with E-state index < -0.39 is 9.84 Å². The standard InChI is InChI=1S/C16H16ClNO4S/c1-22-13-5-3-4-11(8-13)10-18-16(19)12-6-7-14(17)15(9-12)23(2,20)21/h3-9H,10H2,1-2H3,(H,18,19). The molecule has 0 radical (unpaired) electrons. The molecule has 1 amide bonds. The number of ether oxygens (including phenoxy) is 1. The van der Waals surface area contributed by atoms with Gasteiger partial charge in [0.25, 0.3) is 5.91 Å². The van der Waals surface area contributed by atoms with E-state index in [4.69, 9.17) is 16.3 Å². The minimum Gasteiger partial charge on any atom is -0.497 e. The van der Waals surface area contributed by atoms with Crippen LogP contribution in [0.4, 0.5) is 0 Å². The summed E-state index contributed by atoms with van der Waals surface area (Å²) >= 11 is 5.87. The van der Waals surface area contributed by atoms with Crippen molar-refractivity contribution >= 4 is 27.3 Å². The summed E-state index contributed by atoms with van der Waals surface area (Å²) in [5, 5.41) is 2.83. The summed E-state index contributed by atoms with van der Waals surface area (Å²) < 4.78 is 28.4. The monoisotopic (exact) mass is 353 g/mol. The first-order valence-corrected chi connectivity index (χ1v) is 8.99. The summed E-state index contributed by atoms with van der Waals surface area (Å²) in [7, 11) is -1.93. The summed E-state index contributed by atoms with van der Waals surface area (Å²) in [4.78, 5) is 12.1. The highest BCUT2D eigenvalue weighted by molar-refractivity contribution is 7.90. The van der Waals surface area contributed by atoms with Crippen molar-refractivity contribution in [3.63, 3.8) is 0 Å². The third-order valence-electron chi connectivity index (χ3n) is 3.18. The fourth-order valence-corrected chi connectivity index (χ4v) is 3.30. The van der Waals surface area contributed by atoms with Crippen LogP contribution in [0.5, 0.6) is 5.75 Å². The van der Waals surface area contributed by atoms with Gasteiger partial charge in [-0.3, -0.25) is 4.79 Å². The molecule has 2 rings (SSSR count). The average Bonchev–Trinajstić information content (AvgIpc) is 2.52. The molecule has 0 aromatic heterocycles. The van der Waals surface area contributed by atoms with Gasteiger partial charge in [0.2, 0.25) is 0 Å². The number of amides is 1. The number of sulfone groups is 1. The normalized spacial score (nSPS) is 11.1. The number of carbonyl (C=O) groups is 1. The lowest BCUT2D eigenvalue weighted by Gasteiger charge is -2.09. The van der Waals surface area contributed by atoms with Crippen LogP contribution in [0.3, 0.4) is 0 Å². The smallest absolute Gasteiger partial charge is 0.251 e. The molecule has 1 N–H and O–H groups in total. The van der Waals surface area contributed by atoms with E-state index in [0.717, 1.165) is 11.8 Å². The van der Waals surface area contributed by atoms with Crippen molar-refractivity contribution in [1.29, 1.82) is 0 Å². The Morgan fingerprint density at radius 2 is 1.96 bits per heavy atom. The van der Waals surface area contributed by atoms with Crippen LogP contribution in [0.15, 0.2) is 47.4 Å². The summed E-state index contributed by atoms with van der Waals surface area (Å²) in [6.45, 7) is 0.298. The average molecular weight is 354 g/mol. The third-order valence-corrected chi connectivity index (χ3v) is 4.76. The second-order valence-corrected chi connectivity index (χ2v) is 7.34. The summed E-state index contributed by atoms with van der Waals surface area (Å²) in [5.41, 5.74) is 1.10. The van der Waals surface area contributed by atoms with E-state index in [1.54, 1.807) is 7.11 Å². The first-order valence-electron chi connectivity index (χ1n) is 6.72. The molecule has 0 saturated heterocycles. The van der Waals surface area contributed by atoms with Crippen molar-refractivity contribution in [3.05, 3.63) is 58.6 Å². The van der Waals surface area contributed by atoms with E-state index in [2.05, 4.69) is 5.32 Å². The Morgan fingerprint density at radius 3 is 2.61 bits per heavy atom. The maximum absolute atomic E-state index is 12.2. The van der Waals surface area contributed by atoms with Crippen molar-refractivity contribution in [2.24, 2.45) is 0 Å². The van der Waals surface area contributed by atoms with Crippen LogP contribution in [0.1, 0.15) is 15.9 Å². The summed E-state index contributed by atoms with van der Waals surface area (Å²) in [5.74, 6) is 0.317. The molecule has 0 heterocycles. The summed E-state index contributed by atoms with van der Waals surface area (Å²) in [6.07, 6.45) is 1.05. The molecule has 5 nitrogen and oxygen atoms in total. The van der Waals surface area contributed by atoms with Crippen LogP contribution in [-0.2, 0) is 16.4 Å². The minimum absolute atomic E-state index is 0.0619. The Labute approximate surface area is 140 Å². The molecule has 0 aliphatic heterocycles. The Bertz CT molecular complexity index is 834. The lowest BCUT2D eigenvalue weighted by Crippen LogP contribution is -2.23. The summed E-state index contributed by atoms with van der Waals surface area (Å²) in [6, 6.07) is 11.5. The second-order valence-electron chi connectivity index (χ2n) is 4.95. The first kappa shape index (κ1) is 17.3. The number of carbonyl (C=O) groups excluding carboxylic acids is 1. The Balaban J connectivity index is 2.15. The number of nitrogens with one attached hydrogen (secondary N) is 1. The molecule has 7 heteroatoms. The number of benzene rings is 2. The fourth-order valence-electron chi connectivity index (χ4n) is 2.00. The van der Waals surface area contributed by atoms with Crippen LogP contribution >= 0.6 is 11.6 Å². The lowest BCUT2D eigenvalue weighted by molar-refractivity contribution is 0.0950. The van der Waals surface area contributed by atoms with E-state index in [9.17, 15) is 13.2 Å². The lowest BCUT2D eigenvalue weighted by atomic mass is 10.2. The zero-order valence-electron chi connectivity index (χ0n) is 12.7. The van der Waals surface area contributed by atoms with Crippen molar-refractivity contribution < 1.29 is 17.9 Å².